The Morgan fingerprint density at radius 3 is 2.89 bits per heavy atom. The summed E-state index contributed by atoms with van der Waals surface area (Å²) >= 11 is 0. The van der Waals surface area contributed by atoms with Crippen molar-refractivity contribution >= 4 is 23.4 Å². The fraction of sp³-hybridized carbons (Fsp3) is 0.500. The molecule has 1 saturated heterocycles. The van der Waals surface area contributed by atoms with Crippen molar-refractivity contribution in [2.24, 2.45) is 7.05 Å². The minimum atomic E-state index is 0. The van der Waals surface area contributed by atoms with Crippen LogP contribution in [0, 0.1) is 0 Å². The minimum Gasteiger partial charge on any atom is -0.330 e. The molecule has 0 aliphatic carbocycles. The molecule has 19 heavy (non-hydrogen) atoms. The van der Waals surface area contributed by atoms with Gasteiger partial charge in [-0.25, -0.2) is 4.98 Å². The highest BCUT2D eigenvalue weighted by Crippen LogP contribution is 2.16. The number of para-hydroxylation sites is 2. The highest BCUT2D eigenvalue weighted by molar-refractivity contribution is 5.85. The standard InChI is InChI=1S/C14H20N4.ClH/c1-11-9-18(8-7-15-11)10-14-16-12-5-3-4-6-13(12)17(14)2;/h3-6,11,15H,7-10H2,1-2H3;1H/t11-;/m1./s1. The summed E-state index contributed by atoms with van der Waals surface area (Å²) in [4.78, 5) is 7.21. The maximum atomic E-state index is 4.73. The van der Waals surface area contributed by atoms with Gasteiger partial charge in [0.05, 0.1) is 17.6 Å². The molecule has 5 heteroatoms. The van der Waals surface area contributed by atoms with E-state index in [9.17, 15) is 0 Å². The van der Waals surface area contributed by atoms with Crippen LogP contribution in [0.4, 0.5) is 0 Å². The van der Waals surface area contributed by atoms with Gasteiger partial charge in [-0.1, -0.05) is 12.1 Å². The third kappa shape index (κ3) is 2.91. The SMILES string of the molecule is C[C@@H]1CN(Cc2nc3ccccc3n2C)CCN1.Cl. The lowest BCUT2D eigenvalue weighted by atomic mass is 10.2. The molecule has 1 aliphatic heterocycles. The molecule has 1 aromatic carbocycles. The molecule has 4 nitrogen and oxygen atoms in total. The average molecular weight is 281 g/mol. The zero-order valence-corrected chi connectivity index (χ0v) is 12.3. The second-order valence-electron chi connectivity index (χ2n) is 5.17. The Bertz CT molecular complexity index is 551. The van der Waals surface area contributed by atoms with Crippen molar-refractivity contribution in [3.63, 3.8) is 0 Å². The maximum absolute atomic E-state index is 4.73. The van der Waals surface area contributed by atoms with Crippen LogP contribution < -0.4 is 5.32 Å². The summed E-state index contributed by atoms with van der Waals surface area (Å²) in [5.74, 6) is 1.16. The van der Waals surface area contributed by atoms with Gasteiger partial charge in [0, 0.05) is 32.7 Å². The van der Waals surface area contributed by atoms with Crippen molar-refractivity contribution in [1.82, 2.24) is 19.8 Å². The van der Waals surface area contributed by atoms with Crippen molar-refractivity contribution in [3.05, 3.63) is 30.1 Å². The predicted molar refractivity (Wildman–Crippen MR) is 80.7 cm³/mol. The number of halogens is 1. The summed E-state index contributed by atoms with van der Waals surface area (Å²) in [5.41, 5.74) is 2.31. The maximum Gasteiger partial charge on any atom is 0.123 e. The molecule has 1 fully saturated rings. The molecular formula is C14H21ClN4. The quantitative estimate of drug-likeness (QED) is 0.910. The molecule has 1 N–H and O–H groups in total. The van der Waals surface area contributed by atoms with Crippen molar-refractivity contribution in [1.29, 1.82) is 0 Å². The molecule has 1 atom stereocenters. The van der Waals surface area contributed by atoms with Gasteiger partial charge < -0.3 is 9.88 Å². The minimum absolute atomic E-state index is 0. The Balaban J connectivity index is 0.00000133. The molecular weight excluding hydrogens is 260 g/mol. The Morgan fingerprint density at radius 2 is 2.16 bits per heavy atom. The molecule has 0 spiro atoms. The van der Waals surface area contributed by atoms with Crippen molar-refractivity contribution in [3.8, 4) is 0 Å². The summed E-state index contributed by atoms with van der Waals surface area (Å²) in [7, 11) is 2.11. The molecule has 104 valence electrons. The Kier molecular flexibility index (Phi) is 4.45. The first-order valence-electron chi connectivity index (χ1n) is 6.60. The number of piperazine rings is 1. The van der Waals surface area contributed by atoms with E-state index in [2.05, 4.69) is 47.0 Å². The third-order valence-electron chi connectivity index (χ3n) is 3.70. The van der Waals surface area contributed by atoms with Crippen molar-refractivity contribution in [2.45, 2.75) is 19.5 Å². The van der Waals surface area contributed by atoms with Crippen LogP contribution in [0.1, 0.15) is 12.7 Å². The lowest BCUT2D eigenvalue weighted by Crippen LogP contribution is -2.48. The number of benzene rings is 1. The van der Waals surface area contributed by atoms with Crippen LogP contribution in [0.15, 0.2) is 24.3 Å². The van der Waals surface area contributed by atoms with Crippen LogP contribution in [-0.4, -0.2) is 40.1 Å². The molecule has 0 radical (unpaired) electrons. The third-order valence-corrected chi connectivity index (χ3v) is 3.70. The highest BCUT2D eigenvalue weighted by atomic mass is 35.5. The van der Waals surface area contributed by atoms with Gasteiger partial charge in [0.15, 0.2) is 0 Å². The van der Waals surface area contributed by atoms with Crippen LogP contribution in [0.2, 0.25) is 0 Å². The van der Waals surface area contributed by atoms with E-state index in [1.807, 2.05) is 6.07 Å². The van der Waals surface area contributed by atoms with Crippen LogP contribution in [0.25, 0.3) is 11.0 Å². The smallest absolute Gasteiger partial charge is 0.123 e. The van der Waals surface area contributed by atoms with E-state index in [4.69, 9.17) is 4.98 Å². The van der Waals surface area contributed by atoms with E-state index < -0.39 is 0 Å². The molecule has 0 bridgehead atoms. The molecule has 0 amide bonds. The van der Waals surface area contributed by atoms with Gasteiger partial charge in [0.25, 0.3) is 0 Å². The van der Waals surface area contributed by atoms with Crippen molar-refractivity contribution in [2.75, 3.05) is 19.6 Å². The van der Waals surface area contributed by atoms with Gasteiger partial charge in [0.2, 0.25) is 0 Å². The Morgan fingerprint density at radius 1 is 1.37 bits per heavy atom. The number of aromatic nitrogens is 2. The normalized spacial score (nSPS) is 20.4. The summed E-state index contributed by atoms with van der Waals surface area (Å²) in [6, 6.07) is 8.91. The summed E-state index contributed by atoms with van der Waals surface area (Å²) in [5, 5.41) is 3.47. The number of nitrogens with zero attached hydrogens (tertiary/aromatic N) is 3. The Hall–Kier alpha value is -1.10. The first-order valence-corrected chi connectivity index (χ1v) is 6.60. The van der Waals surface area contributed by atoms with E-state index in [-0.39, 0.29) is 12.4 Å². The van der Waals surface area contributed by atoms with Gasteiger partial charge in [-0.05, 0) is 19.1 Å². The number of rotatable bonds is 2. The van der Waals surface area contributed by atoms with Crippen molar-refractivity contribution < 1.29 is 0 Å². The number of hydrogen-bond donors (Lipinski definition) is 1. The van der Waals surface area contributed by atoms with Gasteiger partial charge in [-0.3, -0.25) is 4.90 Å². The predicted octanol–water partition coefficient (Wildman–Crippen LogP) is 1.79. The number of hydrogen-bond acceptors (Lipinski definition) is 3. The zero-order valence-electron chi connectivity index (χ0n) is 11.5. The lowest BCUT2D eigenvalue weighted by molar-refractivity contribution is 0.194. The first kappa shape index (κ1) is 14.3. The van der Waals surface area contributed by atoms with Gasteiger partial charge in [-0.2, -0.15) is 0 Å². The molecule has 2 heterocycles. The van der Waals surface area contributed by atoms with Crippen LogP contribution in [0.5, 0.6) is 0 Å². The fourth-order valence-electron chi connectivity index (χ4n) is 2.69. The summed E-state index contributed by atoms with van der Waals surface area (Å²) in [6.07, 6.45) is 0. The lowest BCUT2D eigenvalue weighted by Gasteiger charge is -2.31. The number of aryl methyl sites for hydroxylation is 1. The van der Waals surface area contributed by atoms with E-state index in [1.54, 1.807) is 0 Å². The Labute approximate surface area is 120 Å². The van der Waals surface area contributed by atoms with E-state index in [1.165, 1.54) is 5.52 Å². The molecule has 2 aromatic rings. The van der Waals surface area contributed by atoms with Gasteiger partial charge in [-0.15, -0.1) is 12.4 Å². The number of imidazole rings is 1. The molecule has 3 rings (SSSR count). The average Bonchev–Trinajstić information content (AvgIpc) is 2.67. The zero-order chi connectivity index (χ0) is 12.5. The fourth-order valence-corrected chi connectivity index (χ4v) is 2.69. The molecule has 0 saturated carbocycles. The second kappa shape index (κ2) is 5.90. The van der Waals surface area contributed by atoms with E-state index >= 15 is 0 Å². The number of fused-ring (bicyclic) bond motifs is 1. The first-order chi connectivity index (χ1) is 8.74. The largest absolute Gasteiger partial charge is 0.330 e. The highest BCUT2D eigenvalue weighted by Gasteiger charge is 2.17. The van der Waals surface area contributed by atoms with E-state index in [0.717, 1.165) is 37.5 Å². The van der Waals surface area contributed by atoms with Gasteiger partial charge in [0.1, 0.15) is 5.82 Å². The van der Waals surface area contributed by atoms with Crippen LogP contribution in [-0.2, 0) is 13.6 Å². The van der Waals surface area contributed by atoms with Crippen LogP contribution >= 0.6 is 12.4 Å². The molecule has 1 aliphatic rings. The van der Waals surface area contributed by atoms with Crippen LogP contribution in [0.3, 0.4) is 0 Å². The number of nitrogens with one attached hydrogen (secondary N) is 1. The summed E-state index contributed by atoms with van der Waals surface area (Å²) < 4.78 is 2.21. The summed E-state index contributed by atoms with van der Waals surface area (Å²) in [6.45, 7) is 6.46. The topological polar surface area (TPSA) is 33.1 Å². The second-order valence-corrected chi connectivity index (χ2v) is 5.17. The molecule has 1 aromatic heterocycles. The van der Waals surface area contributed by atoms with Gasteiger partial charge >= 0.3 is 0 Å². The van der Waals surface area contributed by atoms with E-state index in [0.29, 0.717) is 6.04 Å². The molecule has 0 unspecified atom stereocenters. The monoisotopic (exact) mass is 280 g/mol.